The number of nitrogens with zero attached hydrogens (tertiary/aromatic N) is 2. The number of H-pyrrole nitrogens is 1. The van der Waals surface area contributed by atoms with Gasteiger partial charge in [-0.2, -0.15) is 5.10 Å². The van der Waals surface area contributed by atoms with Gasteiger partial charge >= 0.3 is 0 Å². The zero-order chi connectivity index (χ0) is 12.4. The second-order valence-corrected chi connectivity index (χ2v) is 4.77. The molecular formula is C14H16FN3. The molecule has 0 radical (unpaired) electrons. The van der Waals surface area contributed by atoms with Crippen molar-refractivity contribution in [2.24, 2.45) is 0 Å². The maximum Gasteiger partial charge on any atom is 0.123 e. The average molecular weight is 245 g/mol. The largest absolute Gasteiger partial charge is 0.298 e. The van der Waals surface area contributed by atoms with Gasteiger partial charge < -0.3 is 0 Å². The summed E-state index contributed by atoms with van der Waals surface area (Å²) in [5, 5.41) is 7.34. The molecule has 0 spiro atoms. The fourth-order valence-electron chi connectivity index (χ4n) is 2.39. The Hall–Kier alpha value is -1.68. The van der Waals surface area contributed by atoms with Gasteiger partial charge in [-0.1, -0.05) is 0 Å². The molecule has 0 saturated carbocycles. The van der Waals surface area contributed by atoms with E-state index in [2.05, 4.69) is 15.1 Å². The van der Waals surface area contributed by atoms with E-state index in [1.165, 1.54) is 38.1 Å². The molecule has 0 bridgehead atoms. The van der Waals surface area contributed by atoms with E-state index < -0.39 is 0 Å². The van der Waals surface area contributed by atoms with Crippen molar-refractivity contribution in [2.45, 2.75) is 19.4 Å². The Bertz CT molecular complexity index is 512. The van der Waals surface area contributed by atoms with E-state index >= 15 is 0 Å². The highest BCUT2D eigenvalue weighted by Crippen LogP contribution is 2.19. The van der Waals surface area contributed by atoms with Crippen molar-refractivity contribution in [1.29, 1.82) is 0 Å². The molecule has 2 aromatic rings. The highest BCUT2D eigenvalue weighted by atomic mass is 19.1. The van der Waals surface area contributed by atoms with Crippen LogP contribution >= 0.6 is 0 Å². The molecule has 1 aliphatic heterocycles. The summed E-state index contributed by atoms with van der Waals surface area (Å²) in [6.07, 6.45) is 2.58. The molecule has 94 valence electrons. The molecule has 0 amide bonds. The summed E-state index contributed by atoms with van der Waals surface area (Å²) < 4.78 is 12.8. The number of hydrogen-bond donors (Lipinski definition) is 1. The minimum atomic E-state index is -0.216. The number of rotatable bonds is 3. The van der Waals surface area contributed by atoms with E-state index in [9.17, 15) is 4.39 Å². The topological polar surface area (TPSA) is 31.9 Å². The van der Waals surface area contributed by atoms with Crippen LogP contribution in [0.1, 0.15) is 18.5 Å². The lowest BCUT2D eigenvalue weighted by molar-refractivity contribution is 0.327. The number of hydrogen-bond acceptors (Lipinski definition) is 2. The maximum atomic E-state index is 12.8. The van der Waals surface area contributed by atoms with Gasteiger partial charge in [-0.15, -0.1) is 0 Å². The molecule has 18 heavy (non-hydrogen) atoms. The molecule has 2 heterocycles. The van der Waals surface area contributed by atoms with Crippen LogP contribution in [0.25, 0.3) is 11.3 Å². The summed E-state index contributed by atoms with van der Waals surface area (Å²) in [5.74, 6) is -0.216. The van der Waals surface area contributed by atoms with Gasteiger partial charge in [0.05, 0.1) is 5.69 Å². The Balaban J connectivity index is 1.74. The molecule has 3 rings (SSSR count). The first-order valence-corrected chi connectivity index (χ1v) is 6.34. The van der Waals surface area contributed by atoms with Crippen molar-refractivity contribution < 1.29 is 4.39 Å². The van der Waals surface area contributed by atoms with Crippen LogP contribution in [0.15, 0.2) is 30.3 Å². The number of aromatic nitrogens is 2. The zero-order valence-corrected chi connectivity index (χ0v) is 10.2. The highest BCUT2D eigenvalue weighted by molar-refractivity contribution is 5.58. The molecule has 1 fully saturated rings. The van der Waals surface area contributed by atoms with E-state index in [0.717, 1.165) is 23.5 Å². The van der Waals surface area contributed by atoms with Crippen LogP contribution < -0.4 is 0 Å². The predicted molar refractivity (Wildman–Crippen MR) is 68.5 cm³/mol. The Labute approximate surface area is 106 Å². The molecule has 1 aromatic carbocycles. The summed E-state index contributed by atoms with van der Waals surface area (Å²) in [5.41, 5.74) is 2.95. The molecule has 0 unspecified atom stereocenters. The van der Waals surface area contributed by atoms with Crippen LogP contribution in [0, 0.1) is 5.82 Å². The molecule has 1 saturated heterocycles. The zero-order valence-electron chi connectivity index (χ0n) is 10.2. The van der Waals surface area contributed by atoms with Gasteiger partial charge in [-0.3, -0.25) is 10.00 Å². The Morgan fingerprint density at radius 3 is 2.61 bits per heavy atom. The molecular weight excluding hydrogens is 229 g/mol. The van der Waals surface area contributed by atoms with E-state index in [1.807, 2.05) is 6.07 Å². The van der Waals surface area contributed by atoms with Gasteiger partial charge in [0.1, 0.15) is 5.82 Å². The molecule has 1 aliphatic rings. The van der Waals surface area contributed by atoms with Crippen molar-refractivity contribution in [3.63, 3.8) is 0 Å². The number of nitrogens with one attached hydrogen (secondary N) is 1. The summed E-state index contributed by atoms with van der Waals surface area (Å²) in [7, 11) is 0. The molecule has 4 heteroatoms. The SMILES string of the molecule is Fc1ccc(-c2cc(CN3CCCC3)[nH]n2)cc1. The van der Waals surface area contributed by atoms with Gasteiger partial charge in [0, 0.05) is 17.8 Å². The fourth-order valence-corrected chi connectivity index (χ4v) is 2.39. The minimum Gasteiger partial charge on any atom is -0.298 e. The Kier molecular flexibility index (Phi) is 3.11. The predicted octanol–water partition coefficient (Wildman–Crippen LogP) is 2.81. The lowest BCUT2D eigenvalue weighted by atomic mass is 10.1. The van der Waals surface area contributed by atoms with Crippen LogP contribution in [0.4, 0.5) is 4.39 Å². The monoisotopic (exact) mass is 245 g/mol. The maximum absolute atomic E-state index is 12.8. The van der Waals surface area contributed by atoms with Gasteiger partial charge in [0.25, 0.3) is 0 Å². The van der Waals surface area contributed by atoms with Gasteiger partial charge in [-0.25, -0.2) is 4.39 Å². The third kappa shape index (κ3) is 2.43. The molecule has 3 nitrogen and oxygen atoms in total. The Morgan fingerprint density at radius 2 is 1.89 bits per heavy atom. The minimum absolute atomic E-state index is 0.216. The first-order valence-electron chi connectivity index (χ1n) is 6.34. The smallest absolute Gasteiger partial charge is 0.123 e. The summed E-state index contributed by atoms with van der Waals surface area (Å²) in [6, 6.07) is 8.48. The van der Waals surface area contributed by atoms with Crippen molar-refractivity contribution >= 4 is 0 Å². The van der Waals surface area contributed by atoms with Crippen molar-refractivity contribution in [1.82, 2.24) is 15.1 Å². The fraction of sp³-hybridized carbons (Fsp3) is 0.357. The Morgan fingerprint density at radius 1 is 1.17 bits per heavy atom. The van der Waals surface area contributed by atoms with Crippen LogP contribution in [0.5, 0.6) is 0 Å². The van der Waals surface area contributed by atoms with Crippen molar-refractivity contribution in [2.75, 3.05) is 13.1 Å². The van der Waals surface area contributed by atoms with Gasteiger partial charge in [0.15, 0.2) is 0 Å². The normalized spacial score (nSPS) is 16.3. The quantitative estimate of drug-likeness (QED) is 0.901. The van der Waals surface area contributed by atoms with Gasteiger partial charge in [-0.05, 0) is 56.3 Å². The van der Waals surface area contributed by atoms with Crippen LogP contribution in [-0.4, -0.2) is 28.2 Å². The third-order valence-electron chi connectivity index (χ3n) is 3.36. The second-order valence-electron chi connectivity index (χ2n) is 4.77. The average Bonchev–Trinajstić information content (AvgIpc) is 3.02. The first-order chi connectivity index (χ1) is 8.81. The lowest BCUT2D eigenvalue weighted by Gasteiger charge is -2.11. The van der Waals surface area contributed by atoms with E-state index in [4.69, 9.17) is 0 Å². The van der Waals surface area contributed by atoms with E-state index in [1.54, 1.807) is 12.1 Å². The first kappa shape index (κ1) is 11.4. The molecule has 0 atom stereocenters. The third-order valence-corrected chi connectivity index (χ3v) is 3.36. The van der Waals surface area contributed by atoms with Crippen LogP contribution in [-0.2, 0) is 6.54 Å². The van der Waals surface area contributed by atoms with Gasteiger partial charge in [0.2, 0.25) is 0 Å². The standard InChI is InChI=1S/C14H16FN3/c15-12-5-3-11(4-6-12)14-9-13(16-17-14)10-18-7-1-2-8-18/h3-6,9H,1-2,7-8,10H2,(H,16,17). The van der Waals surface area contributed by atoms with Crippen LogP contribution in [0.2, 0.25) is 0 Å². The number of likely N-dealkylation sites (tertiary alicyclic amines) is 1. The highest BCUT2D eigenvalue weighted by Gasteiger charge is 2.13. The van der Waals surface area contributed by atoms with E-state index in [-0.39, 0.29) is 5.82 Å². The van der Waals surface area contributed by atoms with Crippen molar-refractivity contribution in [3.05, 3.63) is 41.8 Å². The summed E-state index contributed by atoms with van der Waals surface area (Å²) >= 11 is 0. The molecule has 0 aliphatic carbocycles. The summed E-state index contributed by atoms with van der Waals surface area (Å²) in [4.78, 5) is 2.42. The van der Waals surface area contributed by atoms with E-state index in [0.29, 0.717) is 0 Å². The summed E-state index contributed by atoms with van der Waals surface area (Å²) in [6.45, 7) is 3.27. The number of aromatic amines is 1. The second kappa shape index (κ2) is 4.90. The lowest BCUT2D eigenvalue weighted by Crippen LogP contribution is -2.18. The number of halogens is 1. The van der Waals surface area contributed by atoms with Crippen molar-refractivity contribution in [3.8, 4) is 11.3 Å². The number of benzene rings is 1. The molecule has 1 N–H and O–H groups in total. The molecule has 1 aromatic heterocycles. The van der Waals surface area contributed by atoms with Crippen LogP contribution in [0.3, 0.4) is 0 Å².